The van der Waals surface area contributed by atoms with E-state index in [-0.39, 0.29) is 16.9 Å². The van der Waals surface area contributed by atoms with Gasteiger partial charge in [-0.1, -0.05) is 30.4 Å². The average Bonchev–Trinajstić information content (AvgIpc) is 3.31. The molecule has 0 amide bonds. The van der Waals surface area contributed by atoms with E-state index in [0.717, 1.165) is 34.5 Å². The lowest BCUT2D eigenvalue weighted by atomic mass is 9.77. The summed E-state index contributed by atoms with van der Waals surface area (Å²) < 4.78 is 34.5. The van der Waals surface area contributed by atoms with Gasteiger partial charge in [-0.3, -0.25) is 4.72 Å². The second-order valence-electron chi connectivity index (χ2n) is 8.91. The summed E-state index contributed by atoms with van der Waals surface area (Å²) in [6.45, 7) is 3.98. The molecule has 0 fully saturated rings. The van der Waals surface area contributed by atoms with Crippen LogP contribution < -0.4 is 14.8 Å². The molecule has 0 saturated carbocycles. The van der Waals surface area contributed by atoms with Crippen molar-refractivity contribution in [2.45, 2.75) is 37.1 Å². The maximum atomic E-state index is 13.2. The van der Waals surface area contributed by atoms with E-state index in [4.69, 9.17) is 4.74 Å². The molecule has 1 heterocycles. The Kier molecular flexibility index (Phi) is 5.41. The molecule has 5 nitrogen and oxygen atoms in total. The molecular formula is C27H28N2O3S. The predicted octanol–water partition coefficient (Wildman–Crippen LogP) is 5.94. The Morgan fingerprint density at radius 3 is 2.64 bits per heavy atom. The third kappa shape index (κ3) is 4.00. The van der Waals surface area contributed by atoms with Crippen molar-refractivity contribution < 1.29 is 13.2 Å². The number of benzene rings is 3. The molecule has 3 atom stereocenters. The highest BCUT2D eigenvalue weighted by Crippen LogP contribution is 2.50. The number of hydrogen-bond donors (Lipinski definition) is 2. The van der Waals surface area contributed by atoms with Gasteiger partial charge in [0.25, 0.3) is 10.0 Å². The molecule has 2 N–H and O–H groups in total. The topological polar surface area (TPSA) is 67.4 Å². The van der Waals surface area contributed by atoms with Crippen LogP contribution in [0.2, 0.25) is 0 Å². The normalized spacial score (nSPS) is 21.1. The zero-order valence-electron chi connectivity index (χ0n) is 19.0. The third-order valence-electron chi connectivity index (χ3n) is 6.86. The van der Waals surface area contributed by atoms with Gasteiger partial charge in [-0.2, -0.15) is 0 Å². The Morgan fingerprint density at radius 1 is 1.00 bits per heavy atom. The lowest BCUT2D eigenvalue weighted by molar-refractivity contribution is 0.406. The summed E-state index contributed by atoms with van der Waals surface area (Å²) >= 11 is 0. The quantitative estimate of drug-likeness (QED) is 0.463. The van der Waals surface area contributed by atoms with Crippen molar-refractivity contribution in [1.29, 1.82) is 0 Å². The average molecular weight is 461 g/mol. The second kappa shape index (κ2) is 8.27. The fourth-order valence-electron chi connectivity index (χ4n) is 4.92. The Balaban J connectivity index is 1.48. The number of ether oxygens (including phenoxy) is 1. The number of nitrogens with one attached hydrogen (secondary N) is 2. The molecule has 1 aliphatic carbocycles. The molecule has 0 unspecified atom stereocenters. The van der Waals surface area contributed by atoms with Gasteiger partial charge in [-0.05, 0) is 90.9 Å². The molecule has 0 radical (unpaired) electrons. The van der Waals surface area contributed by atoms with Gasteiger partial charge in [0.15, 0.2) is 0 Å². The molecule has 3 aromatic rings. The minimum Gasteiger partial charge on any atom is -0.497 e. The Hall–Kier alpha value is -3.25. The van der Waals surface area contributed by atoms with Crippen LogP contribution >= 0.6 is 0 Å². The molecule has 0 bridgehead atoms. The number of rotatable bonds is 5. The summed E-state index contributed by atoms with van der Waals surface area (Å²) in [5.74, 6) is 1.31. The van der Waals surface area contributed by atoms with Crippen LogP contribution in [-0.4, -0.2) is 15.5 Å². The van der Waals surface area contributed by atoms with Crippen LogP contribution in [0.5, 0.6) is 5.75 Å². The first-order chi connectivity index (χ1) is 15.9. The van der Waals surface area contributed by atoms with Crippen LogP contribution in [0, 0.1) is 19.8 Å². The summed E-state index contributed by atoms with van der Waals surface area (Å²) in [4.78, 5) is 0.278. The van der Waals surface area contributed by atoms with Gasteiger partial charge in [0.05, 0.1) is 18.0 Å². The number of methoxy groups -OCH3 is 1. The summed E-state index contributed by atoms with van der Waals surface area (Å²) in [6, 6.07) is 19.3. The molecule has 33 heavy (non-hydrogen) atoms. The molecule has 3 aromatic carbocycles. The van der Waals surface area contributed by atoms with E-state index in [2.05, 4.69) is 34.3 Å². The minimum atomic E-state index is -3.70. The number of hydrogen-bond acceptors (Lipinski definition) is 4. The van der Waals surface area contributed by atoms with Gasteiger partial charge in [-0.25, -0.2) is 8.42 Å². The van der Waals surface area contributed by atoms with Crippen LogP contribution in [0.1, 0.15) is 40.6 Å². The second-order valence-corrected chi connectivity index (χ2v) is 10.6. The first-order valence-corrected chi connectivity index (χ1v) is 12.7. The van der Waals surface area contributed by atoms with E-state index in [9.17, 15) is 8.42 Å². The van der Waals surface area contributed by atoms with Gasteiger partial charge >= 0.3 is 0 Å². The SMILES string of the molecule is COc1cccc([C@@H]2Nc3ccc(S(=O)(=O)Nc4ccc(C)c(C)c4)cc3[C@H]3C=CC[C@@H]32)c1. The van der Waals surface area contributed by atoms with E-state index in [0.29, 0.717) is 11.6 Å². The molecule has 0 saturated heterocycles. The monoisotopic (exact) mass is 460 g/mol. The first-order valence-electron chi connectivity index (χ1n) is 11.2. The number of fused-ring (bicyclic) bond motifs is 3. The predicted molar refractivity (Wildman–Crippen MR) is 133 cm³/mol. The highest BCUT2D eigenvalue weighted by molar-refractivity contribution is 7.92. The third-order valence-corrected chi connectivity index (χ3v) is 8.24. The Labute approximate surface area is 195 Å². The van der Waals surface area contributed by atoms with Crippen LogP contribution in [0.3, 0.4) is 0 Å². The van der Waals surface area contributed by atoms with E-state index < -0.39 is 10.0 Å². The van der Waals surface area contributed by atoms with Crippen molar-refractivity contribution in [2.75, 3.05) is 17.1 Å². The molecule has 1 aliphatic heterocycles. The highest BCUT2D eigenvalue weighted by atomic mass is 32.2. The van der Waals surface area contributed by atoms with Crippen molar-refractivity contribution in [3.05, 3.63) is 95.1 Å². The van der Waals surface area contributed by atoms with Gasteiger partial charge in [0, 0.05) is 17.3 Å². The highest BCUT2D eigenvalue weighted by Gasteiger charge is 2.38. The van der Waals surface area contributed by atoms with Gasteiger partial charge in [0.1, 0.15) is 5.75 Å². The summed E-state index contributed by atoms with van der Waals surface area (Å²) in [6.07, 6.45) is 5.36. The van der Waals surface area contributed by atoms with Crippen LogP contribution in [-0.2, 0) is 10.0 Å². The number of anilines is 2. The number of allylic oxidation sites excluding steroid dienone is 2. The van der Waals surface area contributed by atoms with E-state index in [1.54, 1.807) is 19.2 Å². The zero-order chi connectivity index (χ0) is 23.2. The van der Waals surface area contributed by atoms with Crippen LogP contribution in [0.15, 0.2) is 77.7 Å². The lowest BCUT2D eigenvalue weighted by Crippen LogP contribution is -2.29. The standard InChI is InChI=1S/C27H28N2O3S/c1-17-10-11-20(14-18(17)2)29-33(30,31)22-12-13-26-25(16-22)23-8-5-9-24(23)27(28-26)19-6-4-7-21(15-19)32-3/h4-8,10-16,23-24,27-29H,9H2,1-3H3/t23-,24-,27-/m0/s1. The van der Waals surface area contributed by atoms with E-state index in [1.165, 1.54) is 5.56 Å². The lowest BCUT2D eigenvalue weighted by Gasteiger charge is -2.37. The molecule has 170 valence electrons. The minimum absolute atomic E-state index is 0.128. The molecule has 6 heteroatoms. The molecular weight excluding hydrogens is 432 g/mol. The number of sulfonamides is 1. The first kappa shape index (κ1) is 21.6. The Morgan fingerprint density at radius 2 is 1.85 bits per heavy atom. The van der Waals surface area contributed by atoms with Crippen LogP contribution in [0.25, 0.3) is 0 Å². The maximum absolute atomic E-state index is 13.2. The van der Waals surface area contributed by atoms with Crippen molar-refractivity contribution in [2.24, 2.45) is 5.92 Å². The van der Waals surface area contributed by atoms with Crippen LogP contribution in [0.4, 0.5) is 11.4 Å². The summed E-state index contributed by atoms with van der Waals surface area (Å²) in [5, 5.41) is 3.67. The maximum Gasteiger partial charge on any atom is 0.261 e. The molecule has 0 spiro atoms. The fraction of sp³-hybridized carbons (Fsp3) is 0.259. The van der Waals surface area contributed by atoms with Gasteiger partial charge in [0.2, 0.25) is 0 Å². The van der Waals surface area contributed by atoms with E-state index >= 15 is 0 Å². The van der Waals surface area contributed by atoms with Crippen molar-refractivity contribution in [1.82, 2.24) is 0 Å². The number of aryl methyl sites for hydroxylation is 2. The summed E-state index contributed by atoms with van der Waals surface area (Å²) in [7, 11) is -2.02. The van der Waals surface area contributed by atoms with Crippen molar-refractivity contribution in [3.63, 3.8) is 0 Å². The molecule has 2 aliphatic rings. The summed E-state index contributed by atoms with van der Waals surface area (Å²) in [5.41, 5.74) is 5.92. The van der Waals surface area contributed by atoms with Crippen molar-refractivity contribution >= 4 is 21.4 Å². The fourth-order valence-corrected chi connectivity index (χ4v) is 6.01. The Bertz CT molecular complexity index is 1350. The molecule has 5 rings (SSSR count). The smallest absolute Gasteiger partial charge is 0.261 e. The zero-order valence-corrected chi connectivity index (χ0v) is 19.8. The largest absolute Gasteiger partial charge is 0.497 e. The van der Waals surface area contributed by atoms with E-state index in [1.807, 2.05) is 50.2 Å². The van der Waals surface area contributed by atoms with Gasteiger partial charge < -0.3 is 10.1 Å². The van der Waals surface area contributed by atoms with Gasteiger partial charge in [-0.15, -0.1) is 0 Å². The molecule has 0 aromatic heterocycles. The van der Waals surface area contributed by atoms with Crippen molar-refractivity contribution in [3.8, 4) is 5.75 Å².